The second kappa shape index (κ2) is 5.93. The summed E-state index contributed by atoms with van der Waals surface area (Å²) < 4.78 is 5.81. The Morgan fingerprint density at radius 1 is 1.19 bits per heavy atom. The van der Waals surface area contributed by atoms with Gasteiger partial charge in [-0.25, -0.2) is 9.97 Å². The topological polar surface area (TPSA) is 86.8 Å². The molecule has 1 aliphatic carbocycles. The van der Waals surface area contributed by atoms with Gasteiger partial charge in [-0.05, 0) is 34.8 Å². The lowest BCUT2D eigenvalue weighted by molar-refractivity contribution is 0.392. The smallest absolute Gasteiger partial charge is 0.233 e. The van der Waals surface area contributed by atoms with Gasteiger partial charge in [0.25, 0.3) is 0 Å². The van der Waals surface area contributed by atoms with Crippen molar-refractivity contribution in [3.63, 3.8) is 0 Å². The molecule has 0 saturated heterocycles. The first-order chi connectivity index (χ1) is 10.2. The van der Waals surface area contributed by atoms with Crippen LogP contribution in [0.3, 0.4) is 0 Å². The van der Waals surface area contributed by atoms with Gasteiger partial charge in [0.15, 0.2) is 5.82 Å². The van der Waals surface area contributed by atoms with Crippen LogP contribution in [0.4, 0.5) is 5.82 Å². The highest BCUT2D eigenvalue weighted by Gasteiger charge is 2.23. The van der Waals surface area contributed by atoms with Crippen LogP contribution in [0.15, 0.2) is 16.6 Å². The Balaban J connectivity index is 2.01. The first-order valence-corrected chi connectivity index (χ1v) is 7.69. The molecule has 1 aliphatic rings. The van der Waals surface area contributed by atoms with Gasteiger partial charge in [-0.3, -0.25) is 0 Å². The number of nitrogen functional groups attached to an aromatic ring is 1. The number of rotatable bonds is 3. The second-order valence-electron chi connectivity index (χ2n) is 5.07. The fourth-order valence-electron chi connectivity index (χ4n) is 2.62. The Morgan fingerprint density at radius 3 is 2.57 bits per heavy atom. The standard InChI is InChI=1S/C14H16BrN5O/c1-21-10-7-6-9(19-20-10)14-17-12(8-4-2-3-5-8)11(15)13(16)18-14/h6-8H,2-5H2,1H3,(H2,16,17,18). The van der Waals surface area contributed by atoms with Gasteiger partial charge >= 0.3 is 0 Å². The lowest BCUT2D eigenvalue weighted by Gasteiger charge is -2.13. The lowest BCUT2D eigenvalue weighted by Crippen LogP contribution is -2.06. The van der Waals surface area contributed by atoms with E-state index in [4.69, 9.17) is 10.5 Å². The summed E-state index contributed by atoms with van der Waals surface area (Å²) >= 11 is 3.51. The van der Waals surface area contributed by atoms with Crippen LogP contribution in [0.2, 0.25) is 0 Å². The Bertz CT molecular complexity index is 641. The number of anilines is 1. The summed E-state index contributed by atoms with van der Waals surface area (Å²) in [6, 6.07) is 3.52. The Kier molecular flexibility index (Phi) is 4.01. The first kappa shape index (κ1) is 14.2. The SMILES string of the molecule is COc1ccc(-c2nc(N)c(Br)c(C3CCCC3)n2)nn1. The van der Waals surface area contributed by atoms with Gasteiger partial charge in [0.05, 0.1) is 17.3 Å². The minimum Gasteiger partial charge on any atom is -0.480 e. The third kappa shape index (κ3) is 2.83. The highest BCUT2D eigenvalue weighted by Crippen LogP contribution is 2.38. The summed E-state index contributed by atoms with van der Waals surface area (Å²) in [6.07, 6.45) is 4.75. The average molecular weight is 350 g/mol. The van der Waals surface area contributed by atoms with Crippen LogP contribution in [-0.4, -0.2) is 27.3 Å². The van der Waals surface area contributed by atoms with E-state index in [-0.39, 0.29) is 0 Å². The Labute approximate surface area is 131 Å². The van der Waals surface area contributed by atoms with Crippen LogP contribution in [-0.2, 0) is 0 Å². The van der Waals surface area contributed by atoms with E-state index in [1.165, 1.54) is 12.8 Å². The molecule has 7 heteroatoms. The molecular weight excluding hydrogens is 334 g/mol. The number of ether oxygens (including phenoxy) is 1. The molecule has 0 spiro atoms. The van der Waals surface area contributed by atoms with Gasteiger partial charge in [0.2, 0.25) is 5.88 Å². The molecule has 6 nitrogen and oxygen atoms in total. The number of nitrogens with two attached hydrogens (primary N) is 1. The van der Waals surface area contributed by atoms with Crippen molar-refractivity contribution in [2.24, 2.45) is 0 Å². The van der Waals surface area contributed by atoms with Crippen molar-refractivity contribution in [1.82, 2.24) is 20.2 Å². The van der Waals surface area contributed by atoms with Gasteiger partial charge in [0.1, 0.15) is 11.5 Å². The summed E-state index contributed by atoms with van der Waals surface area (Å²) in [7, 11) is 1.55. The molecule has 2 aromatic rings. The van der Waals surface area contributed by atoms with Gasteiger partial charge in [0, 0.05) is 12.0 Å². The molecule has 1 saturated carbocycles. The lowest BCUT2D eigenvalue weighted by atomic mass is 10.0. The van der Waals surface area contributed by atoms with E-state index >= 15 is 0 Å². The van der Waals surface area contributed by atoms with Crippen molar-refractivity contribution in [3.8, 4) is 17.4 Å². The maximum atomic E-state index is 6.01. The minimum absolute atomic E-state index is 0.439. The van der Waals surface area contributed by atoms with Crippen LogP contribution in [0, 0.1) is 0 Å². The molecule has 0 atom stereocenters. The van der Waals surface area contributed by atoms with Crippen LogP contribution in [0.1, 0.15) is 37.3 Å². The van der Waals surface area contributed by atoms with Gasteiger partial charge in [-0.2, -0.15) is 0 Å². The quantitative estimate of drug-likeness (QED) is 0.916. The molecule has 3 rings (SSSR count). The summed E-state index contributed by atoms with van der Waals surface area (Å²) in [4.78, 5) is 8.97. The predicted molar refractivity (Wildman–Crippen MR) is 82.9 cm³/mol. The van der Waals surface area contributed by atoms with Gasteiger partial charge in [-0.15, -0.1) is 10.2 Å². The molecule has 21 heavy (non-hydrogen) atoms. The molecule has 0 bridgehead atoms. The van der Waals surface area contributed by atoms with Crippen LogP contribution in [0.5, 0.6) is 5.88 Å². The average Bonchev–Trinajstić information content (AvgIpc) is 3.04. The molecule has 0 unspecified atom stereocenters. The molecule has 1 fully saturated rings. The molecule has 0 aliphatic heterocycles. The first-order valence-electron chi connectivity index (χ1n) is 6.90. The number of methoxy groups -OCH3 is 1. The highest BCUT2D eigenvalue weighted by molar-refractivity contribution is 9.10. The summed E-state index contributed by atoms with van der Waals surface area (Å²) in [5.41, 5.74) is 7.58. The van der Waals surface area contributed by atoms with Crippen LogP contribution >= 0.6 is 15.9 Å². The summed E-state index contributed by atoms with van der Waals surface area (Å²) in [6.45, 7) is 0. The van der Waals surface area contributed by atoms with Crippen LogP contribution < -0.4 is 10.5 Å². The van der Waals surface area contributed by atoms with E-state index in [0.29, 0.717) is 29.1 Å². The Morgan fingerprint density at radius 2 is 1.95 bits per heavy atom. The molecular formula is C14H16BrN5O. The molecule has 0 aromatic carbocycles. The van der Waals surface area contributed by atoms with Crippen molar-refractivity contribution in [3.05, 3.63) is 22.3 Å². The van der Waals surface area contributed by atoms with Gasteiger partial charge < -0.3 is 10.5 Å². The van der Waals surface area contributed by atoms with Crippen molar-refractivity contribution < 1.29 is 4.74 Å². The molecule has 2 N–H and O–H groups in total. The van der Waals surface area contributed by atoms with E-state index in [1.54, 1.807) is 19.2 Å². The highest BCUT2D eigenvalue weighted by atomic mass is 79.9. The second-order valence-corrected chi connectivity index (χ2v) is 5.87. The normalized spacial score (nSPS) is 15.3. The third-order valence-electron chi connectivity index (χ3n) is 3.72. The van der Waals surface area contributed by atoms with E-state index in [0.717, 1.165) is 23.0 Å². The van der Waals surface area contributed by atoms with Crippen molar-refractivity contribution in [2.75, 3.05) is 12.8 Å². The van der Waals surface area contributed by atoms with E-state index < -0.39 is 0 Å². The number of nitrogens with zero attached hydrogens (tertiary/aromatic N) is 4. The number of halogens is 1. The maximum Gasteiger partial charge on any atom is 0.233 e. The Hall–Kier alpha value is -1.76. The fourth-order valence-corrected chi connectivity index (χ4v) is 3.12. The van der Waals surface area contributed by atoms with E-state index in [2.05, 4.69) is 36.1 Å². The van der Waals surface area contributed by atoms with E-state index in [9.17, 15) is 0 Å². The minimum atomic E-state index is 0.439. The zero-order chi connectivity index (χ0) is 14.8. The van der Waals surface area contributed by atoms with Gasteiger partial charge in [-0.1, -0.05) is 12.8 Å². The molecule has 110 valence electrons. The molecule has 2 heterocycles. The van der Waals surface area contributed by atoms with Crippen LogP contribution in [0.25, 0.3) is 11.5 Å². The van der Waals surface area contributed by atoms with E-state index in [1.807, 2.05) is 0 Å². The number of aromatic nitrogens is 4. The fraction of sp³-hybridized carbons (Fsp3) is 0.429. The summed E-state index contributed by atoms with van der Waals surface area (Å²) in [5.74, 6) is 1.85. The van der Waals surface area contributed by atoms with Crippen molar-refractivity contribution >= 4 is 21.7 Å². The molecule has 0 amide bonds. The number of hydrogen-bond acceptors (Lipinski definition) is 6. The number of hydrogen-bond donors (Lipinski definition) is 1. The zero-order valence-electron chi connectivity index (χ0n) is 11.7. The predicted octanol–water partition coefficient (Wildman–Crippen LogP) is 2.94. The largest absolute Gasteiger partial charge is 0.480 e. The third-order valence-corrected chi connectivity index (χ3v) is 4.54. The molecule has 2 aromatic heterocycles. The maximum absolute atomic E-state index is 6.01. The zero-order valence-corrected chi connectivity index (χ0v) is 13.3. The van der Waals surface area contributed by atoms with Crippen molar-refractivity contribution in [2.45, 2.75) is 31.6 Å². The monoisotopic (exact) mass is 349 g/mol. The van der Waals surface area contributed by atoms with Crippen molar-refractivity contribution in [1.29, 1.82) is 0 Å². The molecule has 0 radical (unpaired) electrons. The summed E-state index contributed by atoms with van der Waals surface area (Å²) in [5, 5.41) is 8.04.